The smallest absolute Gasteiger partial charge is 0.260 e. The topological polar surface area (TPSA) is 102 Å². The Morgan fingerprint density at radius 3 is 2.65 bits per heavy atom. The largest absolute Gasteiger partial charge is 0.336 e. The third kappa shape index (κ3) is 2.48. The fourth-order valence-electron chi connectivity index (χ4n) is 2.97. The van der Waals surface area contributed by atoms with Gasteiger partial charge in [-0.1, -0.05) is 42.5 Å². The summed E-state index contributed by atoms with van der Waals surface area (Å²) in [6, 6.07) is 17.7. The summed E-state index contributed by atoms with van der Waals surface area (Å²) in [6.07, 6.45) is 1.29. The van der Waals surface area contributed by atoms with Gasteiger partial charge >= 0.3 is 0 Å². The predicted molar refractivity (Wildman–Crippen MR) is 96.7 cm³/mol. The molecule has 0 saturated heterocycles. The summed E-state index contributed by atoms with van der Waals surface area (Å²) in [5.41, 5.74) is 2.23. The molecule has 0 unspecified atom stereocenters. The van der Waals surface area contributed by atoms with Crippen LogP contribution >= 0.6 is 0 Å². The van der Waals surface area contributed by atoms with Crippen molar-refractivity contribution in [3.63, 3.8) is 0 Å². The maximum absolute atomic E-state index is 13.0. The van der Waals surface area contributed by atoms with Crippen molar-refractivity contribution >= 4 is 16.8 Å². The second-order valence-electron chi connectivity index (χ2n) is 5.72. The van der Waals surface area contributed by atoms with E-state index in [1.165, 1.54) is 6.33 Å². The molecule has 4 rings (SSSR count). The van der Waals surface area contributed by atoms with Crippen LogP contribution in [0.15, 0.2) is 65.7 Å². The van der Waals surface area contributed by atoms with E-state index in [-0.39, 0.29) is 17.0 Å². The van der Waals surface area contributed by atoms with E-state index in [2.05, 4.69) is 21.0 Å². The summed E-state index contributed by atoms with van der Waals surface area (Å²) >= 11 is 0. The maximum atomic E-state index is 13.0. The van der Waals surface area contributed by atoms with E-state index in [0.717, 1.165) is 0 Å². The Kier molecular flexibility index (Phi) is 3.67. The third-order valence-electron chi connectivity index (χ3n) is 4.14. The monoisotopic (exact) mass is 340 g/mol. The van der Waals surface area contributed by atoms with Gasteiger partial charge in [0, 0.05) is 11.1 Å². The Morgan fingerprint density at radius 1 is 1.08 bits per heavy atom. The van der Waals surface area contributed by atoms with E-state index in [9.17, 15) is 14.9 Å². The number of carbonyl (C=O) groups is 1. The molecule has 0 amide bonds. The van der Waals surface area contributed by atoms with Gasteiger partial charge in [0.1, 0.15) is 5.65 Å². The van der Waals surface area contributed by atoms with Crippen LogP contribution in [0, 0.1) is 11.3 Å². The number of aromatic nitrogens is 3. The zero-order valence-electron chi connectivity index (χ0n) is 13.5. The number of hydrogen-bond acceptors (Lipinski definition) is 4. The van der Waals surface area contributed by atoms with Crippen molar-refractivity contribution in [3.05, 3.63) is 88.1 Å². The summed E-state index contributed by atoms with van der Waals surface area (Å²) < 4.78 is 0. The van der Waals surface area contributed by atoms with Crippen LogP contribution in [-0.2, 0) is 0 Å². The summed E-state index contributed by atoms with van der Waals surface area (Å²) in [5.74, 6) is -0.250. The first-order valence-corrected chi connectivity index (χ1v) is 7.88. The van der Waals surface area contributed by atoms with E-state index in [1.807, 2.05) is 6.07 Å². The molecule has 0 saturated carbocycles. The molecular formula is C20H12N4O2. The minimum atomic E-state index is -0.351. The number of nitrogens with one attached hydrogen (secondary N) is 2. The summed E-state index contributed by atoms with van der Waals surface area (Å²) in [6.45, 7) is 0. The van der Waals surface area contributed by atoms with Crippen molar-refractivity contribution in [1.29, 1.82) is 5.26 Å². The number of benzene rings is 2. The van der Waals surface area contributed by atoms with Crippen LogP contribution in [0.3, 0.4) is 0 Å². The van der Waals surface area contributed by atoms with Crippen molar-refractivity contribution < 1.29 is 4.79 Å². The Morgan fingerprint density at radius 2 is 1.88 bits per heavy atom. The molecule has 0 aliphatic heterocycles. The molecule has 6 nitrogen and oxygen atoms in total. The van der Waals surface area contributed by atoms with Gasteiger partial charge in [-0.25, -0.2) is 4.98 Å². The van der Waals surface area contributed by atoms with Gasteiger partial charge in [0.2, 0.25) is 5.78 Å². The lowest BCUT2D eigenvalue weighted by Crippen LogP contribution is -2.07. The normalized spacial score (nSPS) is 10.6. The van der Waals surface area contributed by atoms with Gasteiger partial charge in [-0.05, 0) is 17.7 Å². The molecule has 2 heterocycles. The van der Waals surface area contributed by atoms with Crippen molar-refractivity contribution in [2.24, 2.45) is 0 Å². The van der Waals surface area contributed by atoms with Gasteiger partial charge < -0.3 is 9.97 Å². The van der Waals surface area contributed by atoms with Crippen LogP contribution in [0.1, 0.15) is 21.6 Å². The molecule has 0 atom stereocenters. The Labute approximate surface area is 147 Å². The van der Waals surface area contributed by atoms with Crippen LogP contribution < -0.4 is 5.56 Å². The molecule has 2 aromatic heterocycles. The molecular weight excluding hydrogens is 328 g/mol. The molecule has 2 N–H and O–H groups in total. The third-order valence-corrected chi connectivity index (χ3v) is 4.14. The molecule has 6 heteroatoms. The van der Waals surface area contributed by atoms with Crippen LogP contribution in [0.25, 0.3) is 22.2 Å². The highest BCUT2D eigenvalue weighted by Gasteiger charge is 2.23. The highest BCUT2D eigenvalue weighted by Crippen LogP contribution is 2.31. The molecule has 0 radical (unpaired) electrons. The number of carbonyl (C=O) groups excluding carboxylic acids is 1. The molecule has 0 bridgehead atoms. The number of aromatic amines is 2. The minimum absolute atomic E-state index is 0.250. The standard InChI is InChI=1S/C20H12N4O2/c21-10-12-5-4-8-14(9-12)15-16-19(22-11-23-20(16)26)24-17(15)18(25)13-6-2-1-3-7-13/h1-9,11H,(H2,22,23,24,26). The first-order chi connectivity index (χ1) is 12.7. The molecule has 0 aliphatic carbocycles. The quantitative estimate of drug-likeness (QED) is 0.560. The molecule has 124 valence electrons. The lowest BCUT2D eigenvalue weighted by molar-refractivity contribution is 0.103. The van der Waals surface area contributed by atoms with Gasteiger partial charge in [-0.3, -0.25) is 9.59 Å². The van der Waals surface area contributed by atoms with E-state index in [4.69, 9.17) is 0 Å². The summed E-state index contributed by atoms with van der Waals surface area (Å²) in [5, 5.41) is 9.47. The molecule has 0 aliphatic rings. The van der Waals surface area contributed by atoms with Gasteiger partial charge in [0.05, 0.1) is 29.0 Å². The van der Waals surface area contributed by atoms with Gasteiger partial charge in [-0.2, -0.15) is 5.26 Å². The molecule has 2 aromatic carbocycles. The molecule has 0 fully saturated rings. The Balaban J connectivity index is 2.05. The molecule has 26 heavy (non-hydrogen) atoms. The lowest BCUT2D eigenvalue weighted by atomic mass is 9.97. The second kappa shape index (κ2) is 6.15. The zero-order valence-corrected chi connectivity index (χ0v) is 13.5. The highest BCUT2D eigenvalue weighted by atomic mass is 16.1. The van der Waals surface area contributed by atoms with E-state index < -0.39 is 0 Å². The number of fused-ring (bicyclic) bond motifs is 1. The number of nitriles is 1. The Hall–Kier alpha value is -3.98. The van der Waals surface area contributed by atoms with Crippen LogP contribution in [0.5, 0.6) is 0 Å². The second-order valence-corrected chi connectivity index (χ2v) is 5.72. The van der Waals surface area contributed by atoms with Crippen LogP contribution in [0.4, 0.5) is 0 Å². The van der Waals surface area contributed by atoms with Crippen molar-refractivity contribution in [2.45, 2.75) is 0 Å². The molecule has 4 aromatic rings. The van der Waals surface area contributed by atoms with Crippen LogP contribution in [0.2, 0.25) is 0 Å². The number of ketones is 1. The van der Waals surface area contributed by atoms with E-state index >= 15 is 0 Å². The van der Waals surface area contributed by atoms with Gasteiger partial charge in [0.25, 0.3) is 5.56 Å². The lowest BCUT2D eigenvalue weighted by Gasteiger charge is -2.05. The van der Waals surface area contributed by atoms with Gasteiger partial charge in [0.15, 0.2) is 0 Å². The first kappa shape index (κ1) is 15.5. The summed E-state index contributed by atoms with van der Waals surface area (Å²) in [7, 11) is 0. The van der Waals surface area contributed by atoms with Crippen molar-refractivity contribution in [3.8, 4) is 17.2 Å². The van der Waals surface area contributed by atoms with E-state index in [1.54, 1.807) is 48.5 Å². The highest BCUT2D eigenvalue weighted by molar-refractivity contribution is 6.16. The number of nitrogens with zero attached hydrogens (tertiary/aromatic N) is 2. The average Bonchev–Trinajstić information content (AvgIpc) is 3.09. The number of rotatable bonds is 3. The summed E-state index contributed by atoms with van der Waals surface area (Å²) in [4.78, 5) is 35.1. The Bertz CT molecular complexity index is 1230. The average molecular weight is 340 g/mol. The SMILES string of the molecule is N#Cc1cccc(-c2c(C(=O)c3ccccc3)[nH]c3nc[nH]c(=O)c23)c1. The molecule has 0 spiro atoms. The fraction of sp³-hybridized carbons (Fsp3) is 0. The maximum Gasteiger partial charge on any atom is 0.260 e. The number of H-pyrrole nitrogens is 2. The van der Waals surface area contributed by atoms with E-state index in [0.29, 0.717) is 33.3 Å². The van der Waals surface area contributed by atoms with Gasteiger partial charge in [-0.15, -0.1) is 0 Å². The van der Waals surface area contributed by atoms with Crippen LogP contribution in [-0.4, -0.2) is 20.7 Å². The zero-order chi connectivity index (χ0) is 18.1. The fourth-order valence-corrected chi connectivity index (χ4v) is 2.97. The van der Waals surface area contributed by atoms with Crippen molar-refractivity contribution in [1.82, 2.24) is 15.0 Å². The van der Waals surface area contributed by atoms with Crippen molar-refractivity contribution in [2.75, 3.05) is 0 Å². The first-order valence-electron chi connectivity index (χ1n) is 7.88. The number of hydrogen-bond donors (Lipinski definition) is 2. The minimum Gasteiger partial charge on any atom is -0.336 e. The predicted octanol–water partition coefficient (Wildman–Crippen LogP) is 3.02.